The highest BCUT2D eigenvalue weighted by Gasteiger charge is 2.14. The first kappa shape index (κ1) is 16.0. The van der Waals surface area contributed by atoms with Crippen molar-refractivity contribution < 1.29 is 9.53 Å². The molecular formula is C11H18N6O2S. The Kier molecular flexibility index (Phi) is 5.97. The third kappa shape index (κ3) is 4.23. The summed E-state index contributed by atoms with van der Waals surface area (Å²) in [6, 6.07) is -0.396. The Bertz CT molecular complexity index is 513. The van der Waals surface area contributed by atoms with Gasteiger partial charge in [-0.1, -0.05) is 0 Å². The Morgan fingerprint density at radius 2 is 2.35 bits per heavy atom. The van der Waals surface area contributed by atoms with Gasteiger partial charge in [-0.15, -0.1) is 11.3 Å². The zero-order valence-electron chi connectivity index (χ0n) is 11.3. The molecule has 0 unspecified atom stereocenters. The van der Waals surface area contributed by atoms with E-state index in [0.29, 0.717) is 5.00 Å². The molecule has 0 radical (unpaired) electrons. The summed E-state index contributed by atoms with van der Waals surface area (Å²) in [5.74, 6) is 5.10. The van der Waals surface area contributed by atoms with Crippen molar-refractivity contribution in [3.8, 4) is 0 Å². The summed E-state index contributed by atoms with van der Waals surface area (Å²) in [7, 11) is 1.49. The molecule has 0 aromatic carbocycles. The van der Waals surface area contributed by atoms with Crippen LogP contribution in [0.2, 0.25) is 0 Å². The van der Waals surface area contributed by atoms with Gasteiger partial charge >= 0.3 is 6.03 Å². The SMILES string of the molecule is Cc1csc(NC(=O)N(C)NN)c1COC(=N)/C=C\N. The average Bonchev–Trinajstić information content (AvgIpc) is 2.76. The van der Waals surface area contributed by atoms with Crippen LogP contribution in [0.15, 0.2) is 17.7 Å². The molecule has 0 spiro atoms. The minimum atomic E-state index is -0.396. The van der Waals surface area contributed by atoms with Gasteiger partial charge in [-0.2, -0.15) is 5.53 Å². The number of aryl methyl sites for hydroxylation is 1. The zero-order valence-corrected chi connectivity index (χ0v) is 12.1. The van der Waals surface area contributed by atoms with Crippen LogP contribution in [0.25, 0.3) is 0 Å². The summed E-state index contributed by atoms with van der Waals surface area (Å²) in [5, 5.41) is 13.8. The van der Waals surface area contributed by atoms with E-state index in [1.165, 1.54) is 30.7 Å². The van der Waals surface area contributed by atoms with Gasteiger partial charge in [-0.3, -0.25) is 16.6 Å². The molecule has 9 heteroatoms. The number of nitrogens with one attached hydrogen (secondary N) is 3. The van der Waals surface area contributed by atoms with Crippen molar-refractivity contribution in [3.05, 3.63) is 28.8 Å². The van der Waals surface area contributed by atoms with Gasteiger partial charge in [0.1, 0.15) is 11.6 Å². The maximum Gasteiger partial charge on any atom is 0.337 e. The number of anilines is 1. The number of carbonyl (C=O) groups is 1. The number of hydrogen-bond acceptors (Lipinski definition) is 7. The maximum atomic E-state index is 11.7. The molecule has 20 heavy (non-hydrogen) atoms. The summed E-state index contributed by atoms with van der Waals surface area (Å²) in [6.45, 7) is 2.08. The van der Waals surface area contributed by atoms with Crippen LogP contribution in [-0.2, 0) is 11.3 Å². The summed E-state index contributed by atoms with van der Waals surface area (Å²) < 4.78 is 5.23. The van der Waals surface area contributed by atoms with Crippen molar-refractivity contribution in [2.75, 3.05) is 12.4 Å². The average molecular weight is 298 g/mol. The van der Waals surface area contributed by atoms with E-state index in [-0.39, 0.29) is 12.5 Å². The second kappa shape index (κ2) is 7.48. The van der Waals surface area contributed by atoms with E-state index in [0.717, 1.165) is 16.1 Å². The molecule has 0 saturated heterocycles. The highest BCUT2D eigenvalue weighted by Crippen LogP contribution is 2.28. The Labute approximate surface area is 120 Å². The number of rotatable bonds is 5. The standard InChI is InChI=1S/C11H18N6O2S/c1-7-6-20-10(15-11(18)17(2)16-14)8(7)5-19-9(13)3-4-12/h3-4,6,13,16H,5,12,14H2,1-2H3,(H,15,18)/b4-3-,13-9?. The topological polar surface area (TPSA) is 129 Å². The lowest BCUT2D eigenvalue weighted by Gasteiger charge is -2.16. The number of nitrogens with two attached hydrogens (primary N) is 2. The first-order valence-electron chi connectivity index (χ1n) is 5.67. The number of thiophene rings is 1. The lowest BCUT2D eigenvalue weighted by atomic mass is 10.2. The number of hydrazine groups is 2. The van der Waals surface area contributed by atoms with E-state index in [2.05, 4.69) is 10.9 Å². The van der Waals surface area contributed by atoms with Crippen LogP contribution in [0.4, 0.5) is 9.80 Å². The molecule has 1 heterocycles. The number of carbonyl (C=O) groups excluding carboxylic acids is 1. The predicted octanol–water partition coefficient (Wildman–Crippen LogP) is 0.865. The van der Waals surface area contributed by atoms with E-state index < -0.39 is 6.03 Å². The van der Waals surface area contributed by atoms with Gasteiger partial charge in [0.15, 0.2) is 0 Å². The summed E-state index contributed by atoms with van der Waals surface area (Å²) >= 11 is 1.38. The minimum Gasteiger partial charge on any atom is -0.473 e. The van der Waals surface area contributed by atoms with Gasteiger partial charge in [0, 0.05) is 18.7 Å². The number of urea groups is 1. The molecule has 2 amide bonds. The van der Waals surface area contributed by atoms with E-state index in [9.17, 15) is 4.79 Å². The third-order valence-electron chi connectivity index (χ3n) is 2.44. The van der Waals surface area contributed by atoms with Crippen molar-refractivity contribution >= 4 is 28.3 Å². The van der Waals surface area contributed by atoms with Gasteiger partial charge in [-0.05, 0) is 24.1 Å². The fraction of sp³-hybridized carbons (Fsp3) is 0.273. The highest BCUT2D eigenvalue weighted by molar-refractivity contribution is 7.14. The fourth-order valence-corrected chi connectivity index (χ4v) is 2.22. The molecule has 0 atom stereocenters. The van der Waals surface area contributed by atoms with Gasteiger partial charge < -0.3 is 10.5 Å². The molecule has 0 aliphatic carbocycles. The highest BCUT2D eigenvalue weighted by atomic mass is 32.1. The van der Waals surface area contributed by atoms with Crippen molar-refractivity contribution in [1.29, 1.82) is 5.41 Å². The molecular weight excluding hydrogens is 280 g/mol. The van der Waals surface area contributed by atoms with E-state index in [1.807, 2.05) is 12.3 Å². The van der Waals surface area contributed by atoms with Crippen molar-refractivity contribution in [3.63, 3.8) is 0 Å². The normalized spacial score (nSPS) is 10.6. The molecule has 0 aliphatic heterocycles. The van der Waals surface area contributed by atoms with Crippen LogP contribution in [0.1, 0.15) is 11.1 Å². The van der Waals surface area contributed by atoms with Crippen molar-refractivity contribution in [2.45, 2.75) is 13.5 Å². The smallest absolute Gasteiger partial charge is 0.337 e. The number of ether oxygens (including phenoxy) is 1. The summed E-state index contributed by atoms with van der Waals surface area (Å²) in [5.41, 5.74) is 9.17. The van der Waals surface area contributed by atoms with Gasteiger partial charge in [0.05, 0.1) is 0 Å². The van der Waals surface area contributed by atoms with E-state index in [4.69, 9.17) is 21.7 Å². The molecule has 110 valence electrons. The zero-order chi connectivity index (χ0) is 15.1. The third-order valence-corrected chi connectivity index (χ3v) is 3.50. The second-order valence-corrected chi connectivity index (χ2v) is 4.74. The molecule has 0 saturated carbocycles. The number of hydrogen-bond donors (Lipinski definition) is 5. The monoisotopic (exact) mass is 298 g/mol. The summed E-state index contributed by atoms with van der Waals surface area (Å²) in [4.78, 5) is 11.7. The molecule has 8 nitrogen and oxygen atoms in total. The second-order valence-electron chi connectivity index (χ2n) is 3.86. The van der Waals surface area contributed by atoms with Gasteiger partial charge in [0.2, 0.25) is 5.90 Å². The number of nitrogens with zero attached hydrogens (tertiary/aromatic N) is 1. The molecule has 1 aromatic heterocycles. The van der Waals surface area contributed by atoms with Crippen LogP contribution >= 0.6 is 11.3 Å². The van der Waals surface area contributed by atoms with Gasteiger partial charge in [-0.25, -0.2) is 9.80 Å². The Morgan fingerprint density at radius 3 is 2.95 bits per heavy atom. The summed E-state index contributed by atoms with van der Waals surface area (Å²) in [6.07, 6.45) is 2.57. The van der Waals surface area contributed by atoms with Crippen LogP contribution in [-0.4, -0.2) is 24.0 Å². The van der Waals surface area contributed by atoms with Crippen LogP contribution in [0, 0.1) is 12.3 Å². The first-order chi connectivity index (χ1) is 9.49. The van der Waals surface area contributed by atoms with Crippen LogP contribution in [0.3, 0.4) is 0 Å². The van der Waals surface area contributed by atoms with Crippen molar-refractivity contribution in [1.82, 2.24) is 10.5 Å². The Hall–Kier alpha value is -2.10. The Balaban J connectivity index is 2.74. The van der Waals surface area contributed by atoms with E-state index in [1.54, 1.807) is 0 Å². The molecule has 1 rings (SSSR count). The molecule has 7 N–H and O–H groups in total. The maximum absolute atomic E-state index is 11.7. The van der Waals surface area contributed by atoms with Crippen LogP contribution in [0.5, 0.6) is 0 Å². The predicted molar refractivity (Wildman–Crippen MR) is 79.0 cm³/mol. The van der Waals surface area contributed by atoms with Gasteiger partial charge in [0.25, 0.3) is 0 Å². The lowest BCUT2D eigenvalue weighted by molar-refractivity contribution is 0.202. The largest absolute Gasteiger partial charge is 0.473 e. The molecule has 0 bridgehead atoms. The van der Waals surface area contributed by atoms with Crippen molar-refractivity contribution in [2.24, 2.45) is 11.6 Å². The molecule has 0 fully saturated rings. The minimum absolute atomic E-state index is 0.0453. The molecule has 1 aromatic rings. The lowest BCUT2D eigenvalue weighted by Crippen LogP contribution is -2.46. The quantitative estimate of drug-likeness (QED) is 0.238. The fourth-order valence-electron chi connectivity index (χ4n) is 1.28. The van der Waals surface area contributed by atoms with Crippen LogP contribution < -0.4 is 22.4 Å². The first-order valence-corrected chi connectivity index (χ1v) is 6.55. The molecule has 0 aliphatic rings. The number of amides is 2. The van der Waals surface area contributed by atoms with E-state index >= 15 is 0 Å². The Morgan fingerprint density at radius 1 is 1.65 bits per heavy atom.